The molecule has 0 aromatic heterocycles. The lowest BCUT2D eigenvalue weighted by molar-refractivity contribution is 0.157. The quantitative estimate of drug-likeness (QED) is 0.811. The maximum atomic E-state index is 12.4. The number of carbonyl (C=O) groups is 1. The van der Waals surface area contributed by atoms with Gasteiger partial charge in [-0.1, -0.05) is 12.1 Å². The van der Waals surface area contributed by atoms with Crippen LogP contribution < -0.4 is 5.32 Å². The van der Waals surface area contributed by atoms with Gasteiger partial charge in [0, 0.05) is 20.2 Å². The van der Waals surface area contributed by atoms with Crippen LogP contribution in [0.25, 0.3) is 0 Å². The van der Waals surface area contributed by atoms with Crippen LogP contribution in [0, 0.1) is 5.92 Å². The maximum absolute atomic E-state index is 12.4. The smallest absolute Gasteiger partial charge is 0.317 e. The Bertz CT molecular complexity index is 474. The number of benzene rings is 1. The van der Waals surface area contributed by atoms with E-state index in [9.17, 15) is 9.90 Å². The average Bonchev–Trinajstić information content (AvgIpc) is 3.22. The molecule has 0 heterocycles. The average molecular weight is 292 g/mol. The Kier molecular flexibility index (Phi) is 5.44. The van der Waals surface area contributed by atoms with Crippen LogP contribution in [-0.2, 0) is 11.3 Å². The van der Waals surface area contributed by atoms with Gasteiger partial charge in [0.1, 0.15) is 5.75 Å². The van der Waals surface area contributed by atoms with Crippen molar-refractivity contribution in [3.63, 3.8) is 0 Å². The van der Waals surface area contributed by atoms with Crippen molar-refractivity contribution in [1.82, 2.24) is 10.2 Å². The molecule has 2 amide bonds. The number of nitrogens with zero attached hydrogens (tertiary/aromatic N) is 1. The minimum atomic E-state index is -0.0743. The summed E-state index contributed by atoms with van der Waals surface area (Å²) in [4.78, 5) is 14.2. The maximum Gasteiger partial charge on any atom is 0.317 e. The summed E-state index contributed by atoms with van der Waals surface area (Å²) >= 11 is 0. The molecule has 116 valence electrons. The summed E-state index contributed by atoms with van der Waals surface area (Å²) in [6.45, 7) is 3.69. The van der Waals surface area contributed by atoms with E-state index >= 15 is 0 Å². The highest BCUT2D eigenvalue weighted by atomic mass is 16.5. The molecule has 0 saturated heterocycles. The molecule has 1 aliphatic rings. The van der Waals surface area contributed by atoms with Crippen LogP contribution in [0.1, 0.15) is 25.3 Å². The van der Waals surface area contributed by atoms with E-state index in [0.29, 0.717) is 19.1 Å². The lowest BCUT2D eigenvalue weighted by Gasteiger charge is -2.25. The van der Waals surface area contributed by atoms with E-state index in [4.69, 9.17) is 4.74 Å². The van der Waals surface area contributed by atoms with E-state index < -0.39 is 0 Å². The molecule has 1 aromatic carbocycles. The standard InChI is InChI=1S/C16H24N2O3/c1-12(11-21-2)17-16(20)18(9-13-6-7-13)10-14-4-3-5-15(19)8-14/h3-5,8,12-13,19H,6-7,9-11H2,1-2H3,(H,17,20)/t12-/m1/s1. The zero-order valence-electron chi connectivity index (χ0n) is 12.7. The van der Waals surface area contributed by atoms with Gasteiger partial charge in [-0.15, -0.1) is 0 Å². The molecule has 1 atom stereocenters. The third kappa shape index (κ3) is 5.27. The summed E-state index contributed by atoms with van der Waals surface area (Å²) in [5, 5.41) is 12.5. The number of rotatable bonds is 7. The van der Waals surface area contributed by atoms with Crippen molar-refractivity contribution in [3.05, 3.63) is 29.8 Å². The first-order valence-corrected chi connectivity index (χ1v) is 7.40. The molecule has 1 aliphatic carbocycles. The molecule has 21 heavy (non-hydrogen) atoms. The first kappa shape index (κ1) is 15.6. The predicted octanol–water partition coefficient (Wildman–Crippen LogP) is 2.35. The van der Waals surface area contributed by atoms with Crippen molar-refractivity contribution in [3.8, 4) is 5.75 Å². The van der Waals surface area contributed by atoms with E-state index in [-0.39, 0.29) is 17.8 Å². The molecule has 0 bridgehead atoms. The molecule has 0 radical (unpaired) electrons. The van der Waals surface area contributed by atoms with E-state index in [1.165, 1.54) is 12.8 Å². The molecule has 1 saturated carbocycles. The Morgan fingerprint density at radius 2 is 2.29 bits per heavy atom. The monoisotopic (exact) mass is 292 g/mol. The van der Waals surface area contributed by atoms with Gasteiger partial charge >= 0.3 is 6.03 Å². The molecule has 1 fully saturated rings. The Morgan fingerprint density at radius 1 is 1.52 bits per heavy atom. The molecule has 1 aromatic rings. The Morgan fingerprint density at radius 3 is 2.90 bits per heavy atom. The fraction of sp³-hybridized carbons (Fsp3) is 0.562. The first-order chi connectivity index (χ1) is 10.1. The van der Waals surface area contributed by atoms with E-state index in [2.05, 4.69) is 5.32 Å². The fourth-order valence-electron chi connectivity index (χ4n) is 2.30. The van der Waals surface area contributed by atoms with Crippen LogP contribution in [-0.4, -0.2) is 42.3 Å². The topological polar surface area (TPSA) is 61.8 Å². The summed E-state index contributed by atoms with van der Waals surface area (Å²) in [6, 6.07) is 6.96. The van der Waals surface area contributed by atoms with Crippen LogP contribution in [0.3, 0.4) is 0 Å². The minimum Gasteiger partial charge on any atom is -0.508 e. The third-order valence-electron chi connectivity index (χ3n) is 3.53. The van der Waals surface area contributed by atoms with Gasteiger partial charge in [0.25, 0.3) is 0 Å². The van der Waals surface area contributed by atoms with Gasteiger partial charge in [-0.2, -0.15) is 0 Å². The highest BCUT2D eigenvalue weighted by Gasteiger charge is 2.27. The van der Waals surface area contributed by atoms with E-state index in [1.54, 1.807) is 25.3 Å². The lowest BCUT2D eigenvalue weighted by Crippen LogP contribution is -2.45. The number of amides is 2. The molecular weight excluding hydrogens is 268 g/mol. The molecule has 0 unspecified atom stereocenters. The molecule has 2 N–H and O–H groups in total. The SMILES string of the molecule is COC[C@@H](C)NC(=O)N(Cc1cccc(O)c1)CC1CC1. The van der Waals surface area contributed by atoms with Crippen LogP contribution in [0.2, 0.25) is 0 Å². The Balaban J connectivity index is 1.97. The van der Waals surface area contributed by atoms with Crippen molar-refractivity contribution in [2.24, 2.45) is 5.92 Å². The van der Waals surface area contributed by atoms with Crippen molar-refractivity contribution in [2.45, 2.75) is 32.4 Å². The fourth-order valence-corrected chi connectivity index (χ4v) is 2.30. The largest absolute Gasteiger partial charge is 0.508 e. The van der Waals surface area contributed by atoms with Crippen LogP contribution in [0.15, 0.2) is 24.3 Å². The van der Waals surface area contributed by atoms with Gasteiger partial charge in [0.2, 0.25) is 0 Å². The zero-order chi connectivity index (χ0) is 15.2. The summed E-state index contributed by atoms with van der Waals surface area (Å²) < 4.78 is 5.05. The number of methoxy groups -OCH3 is 1. The number of phenolic OH excluding ortho intramolecular Hbond substituents is 1. The van der Waals surface area contributed by atoms with Crippen LogP contribution >= 0.6 is 0 Å². The van der Waals surface area contributed by atoms with Gasteiger partial charge in [-0.3, -0.25) is 0 Å². The molecule has 5 nitrogen and oxygen atoms in total. The van der Waals surface area contributed by atoms with Gasteiger partial charge in [-0.05, 0) is 43.4 Å². The molecule has 5 heteroatoms. The molecule has 0 aliphatic heterocycles. The molecular formula is C16H24N2O3. The van der Waals surface area contributed by atoms with Crippen molar-refractivity contribution in [1.29, 1.82) is 0 Å². The van der Waals surface area contributed by atoms with Crippen molar-refractivity contribution in [2.75, 3.05) is 20.3 Å². The lowest BCUT2D eigenvalue weighted by atomic mass is 10.2. The number of hydrogen-bond donors (Lipinski definition) is 2. The molecule has 2 rings (SSSR count). The minimum absolute atomic E-state index is 0.0200. The Hall–Kier alpha value is -1.75. The van der Waals surface area contributed by atoms with Crippen molar-refractivity contribution < 1.29 is 14.6 Å². The number of nitrogens with one attached hydrogen (secondary N) is 1. The van der Waals surface area contributed by atoms with Gasteiger partial charge in [0.15, 0.2) is 0 Å². The van der Waals surface area contributed by atoms with Gasteiger partial charge in [-0.25, -0.2) is 4.79 Å². The third-order valence-corrected chi connectivity index (χ3v) is 3.53. The normalized spacial score (nSPS) is 15.5. The Labute approximate surface area is 125 Å². The highest BCUT2D eigenvalue weighted by Crippen LogP contribution is 2.30. The second-order valence-electron chi connectivity index (χ2n) is 5.80. The number of urea groups is 1. The highest BCUT2D eigenvalue weighted by molar-refractivity contribution is 5.74. The first-order valence-electron chi connectivity index (χ1n) is 7.40. The number of hydrogen-bond acceptors (Lipinski definition) is 3. The van der Waals surface area contributed by atoms with Gasteiger partial charge < -0.3 is 20.1 Å². The zero-order valence-corrected chi connectivity index (χ0v) is 12.7. The predicted molar refractivity (Wildman–Crippen MR) is 81.1 cm³/mol. The van der Waals surface area contributed by atoms with E-state index in [0.717, 1.165) is 12.1 Å². The summed E-state index contributed by atoms with van der Waals surface area (Å²) in [6.07, 6.45) is 2.38. The molecule has 0 spiro atoms. The summed E-state index contributed by atoms with van der Waals surface area (Å²) in [5.41, 5.74) is 0.935. The van der Waals surface area contributed by atoms with Crippen molar-refractivity contribution >= 4 is 6.03 Å². The number of ether oxygens (including phenoxy) is 1. The van der Waals surface area contributed by atoms with E-state index in [1.807, 2.05) is 17.9 Å². The summed E-state index contributed by atoms with van der Waals surface area (Å²) in [5.74, 6) is 0.845. The number of carbonyl (C=O) groups excluding carboxylic acids is 1. The second kappa shape index (κ2) is 7.31. The summed E-state index contributed by atoms with van der Waals surface area (Å²) in [7, 11) is 1.62. The second-order valence-corrected chi connectivity index (χ2v) is 5.80. The number of phenols is 1. The van der Waals surface area contributed by atoms with Gasteiger partial charge in [0.05, 0.1) is 12.6 Å². The number of aromatic hydroxyl groups is 1. The van der Waals surface area contributed by atoms with Crippen LogP contribution in [0.4, 0.5) is 4.79 Å². The van der Waals surface area contributed by atoms with Crippen LogP contribution in [0.5, 0.6) is 5.75 Å².